The van der Waals surface area contributed by atoms with Gasteiger partial charge in [0.05, 0.1) is 10.0 Å². The molecule has 0 radical (unpaired) electrons. The maximum absolute atomic E-state index is 12.3. The fourth-order valence-electron chi connectivity index (χ4n) is 2.78. The normalized spacial score (nSPS) is 14.4. The van der Waals surface area contributed by atoms with Crippen molar-refractivity contribution in [3.8, 4) is 0 Å². The molecule has 1 aromatic heterocycles. The van der Waals surface area contributed by atoms with Gasteiger partial charge in [0.1, 0.15) is 5.82 Å². The number of aromatic nitrogens is 1. The second-order valence-electron chi connectivity index (χ2n) is 6.17. The van der Waals surface area contributed by atoms with Crippen molar-refractivity contribution < 1.29 is 14.3 Å². The molecule has 1 amide bonds. The van der Waals surface area contributed by atoms with Gasteiger partial charge in [0.25, 0.3) is 5.91 Å². The summed E-state index contributed by atoms with van der Waals surface area (Å²) < 4.78 is 5.04. The van der Waals surface area contributed by atoms with Gasteiger partial charge in [-0.1, -0.05) is 35.3 Å². The predicted octanol–water partition coefficient (Wildman–Crippen LogP) is 3.29. The first kappa shape index (κ1) is 20.2. The molecule has 1 aromatic carbocycles. The van der Waals surface area contributed by atoms with Crippen molar-refractivity contribution in [1.82, 2.24) is 9.88 Å². The lowest BCUT2D eigenvalue weighted by Gasteiger charge is -2.35. The van der Waals surface area contributed by atoms with Gasteiger partial charge in [-0.25, -0.2) is 9.78 Å². The van der Waals surface area contributed by atoms with Crippen molar-refractivity contribution >= 4 is 47.0 Å². The van der Waals surface area contributed by atoms with Gasteiger partial charge in [-0.05, 0) is 35.9 Å². The SMILES string of the molecule is O=C(/C=C/c1ccc(Cl)c(Cl)c1)OCC(=O)N1CCN(c2ccccn2)CC1. The zero-order chi connectivity index (χ0) is 19.9. The van der Waals surface area contributed by atoms with Gasteiger partial charge >= 0.3 is 5.97 Å². The Kier molecular flexibility index (Phi) is 6.90. The number of carbonyl (C=O) groups is 2. The zero-order valence-electron chi connectivity index (χ0n) is 15.1. The Bertz CT molecular complexity index is 866. The molecule has 0 unspecified atom stereocenters. The van der Waals surface area contributed by atoms with Gasteiger partial charge in [-0.3, -0.25) is 4.79 Å². The molecule has 1 aliphatic heterocycles. The highest BCUT2D eigenvalue weighted by Gasteiger charge is 2.22. The number of rotatable bonds is 5. The third-order valence-corrected chi connectivity index (χ3v) is 5.04. The van der Waals surface area contributed by atoms with E-state index >= 15 is 0 Å². The molecular formula is C20H19Cl2N3O3. The van der Waals surface area contributed by atoms with Gasteiger partial charge in [0.15, 0.2) is 6.61 Å². The lowest BCUT2D eigenvalue weighted by atomic mass is 10.2. The van der Waals surface area contributed by atoms with Crippen LogP contribution in [0.25, 0.3) is 6.08 Å². The summed E-state index contributed by atoms with van der Waals surface area (Å²) in [6.45, 7) is 2.22. The van der Waals surface area contributed by atoms with Gasteiger partial charge < -0.3 is 14.5 Å². The summed E-state index contributed by atoms with van der Waals surface area (Å²) in [6.07, 6.45) is 4.56. The molecule has 0 saturated carbocycles. The van der Waals surface area contributed by atoms with E-state index in [2.05, 4.69) is 9.88 Å². The number of amides is 1. The van der Waals surface area contributed by atoms with Gasteiger partial charge in [0, 0.05) is 38.5 Å². The second-order valence-corrected chi connectivity index (χ2v) is 6.98. The lowest BCUT2D eigenvalue weighted by molar-refractivity contribution is -0.148. The summed E-state index contributed by atoms with van der Waals surface area (Å²) in [5, 5.41) is 0.840. The number of benzene rings is 1. The van der Waals surface area contributed by atoms with Crippen LogP contribution in [-0.4, -0.2) is 54.5 Å². The van der Waals surface area contributed by atoms with Crippen LogP contribution in [0.4, 0.5) is 5.82 Å². The molecule has 6 nitrogen and oxygen atoms in total. The average molecular weight is 420 g/mol. The van der Waals surface area contributed by atoms with E-state index < -0.39 is 5.97 Å². The van der Waals surface area contributed by atoms with Crippen LogP contribution < -0.4 is 4.90 Å². The molecule has 1 aliphatic rings. The van der Waals surface area contributed by atoms with Crippen LogP contribution in [0.1, 0.15) is 5.56 Å². The van der Waals surface area contributed by atoms with Crippen LogP contribution in [0, 0.1) is 0 Å². The monoisotopic (exact) mass is 419 g/mol. The molecule has 0 aliphatic carbocycles. The number of hydrogen-bond acceptors (Lipinski definition) is 5. The van der Waals surface area contributed by atoms with Crippen molar-refractivity contribution in [2.24, 2.45) is 0 Å². The number of hydrogen-bond donors (Lipinski definition) is 0. The minimum atomic E-state index is -0.591. The van der Waals surface area contributed by atoms with E-state index in [1.54, 1.807) is 35.4 Å². The van der Waals surface area contributed by atoms with Crippen molar-refractivity contribution in [2.75, 3.05) is 37.7 Å². The highest BCUT2D eigenvalue weighted by Crippen LogP contribution is 2.23. The van der Waals surface area contributed by atoms with Crippen LogP contribution >= 0.6 is 23.2 Å². The van der Waals surface area contributed by atoms with Crippen LogP contribution in [-0.2, 0) is 14.3 Å². The highest BCUT2D eigenvalue weighted by atomic mass is 35.5. The standard InChI is InChI=1S/C20H19Cl2N3O3/c21-16-6-4-15(13-17(16)22)5-7-20(27)28-14-19(26)25-11-9-24(10-12-25)18-3-1-2-8-23-18/h1-8,13H,9-12,14H2/b7-5+. The fourth-order valence-corrected chi connectivity index (χ4v) is 3.08. The van der Waals surface area contributed by atoms with Gasteiger partial charge in [-0.2, -0.15) is 0 Å². The molecule has 0 bridgehead atoms. The van der Waals surface area contributed by atoms with Crippen LogP contribution in [0.15, 0.2) is 48.7 Å². The number of halogens is 2. The van der Waals surface area contributed by atoms with E-state index in [1.165, 1.54) is 6.08 Å². The van der Waals surface area contributed by atoms with E-state index in [-0.39, 0.29) is 12.5 Å². The number of ether oxygens (including phenoxy) is 1. The average Bonchev–Trinajstić information content (AvgIpc) is 2.73. The van der Waals surface area contributed by atoms with Crippen molar-refractivity contribution in [3.05, 3.63) is 64.3 Å². The molecule has 0 N–H and O–H groups in total. The van der Waals surface area contributed by atoms with E-state index in [0.29, 0.717) is 41.8 Å². The Morgan fingerprint density at radius 3 is 2.54 bits per heavy atom. The minimum Gasteiger partial charge on any atom is -0.452 e. The third-order valence-electron chi connectivity index (χ3n) is 4.30. The molecule has 1 fully saturated rings. The summed E-state index contributed by atoms with van der Waals surface area (Å²) in [7, 11) is 0. The maximum atomic E-state index is 12.3. The first-order valence-corrected chi connectivity index (χ1v) is 9.52. The molecule has 2 heterocycles. The van der Waals surface area contributed by atoms with E-state index in [9.17, 15) is 9.59 Å². The van der Waals surface area contributed by atoms with Crippen molar-refractivity contribution in [1.29, 1.82) is 0 Å². The van der Waals surface area contributed by atoms with Crippen LogP contribution in [0.5, 0.6) is 0 Å². The first-order chi connectivity index (χ1) is 13.5. The molecule has 146 valence electrons. The van der Waals surface area contributed by atoms with Gasteiger partial charge in [-0.15, -0.1) is 0 Å². The minimum absolute atomic E-state index is 0.211. The third kappa shape index (κ3) is 5.47. The summed E-state index contributed by atoms with van der Waals surface area (Å²) in [5.41, 5.74) is 0.711. The summed E-state index contributed by atoms with van der Waals surface area (Å²) >= 11 is 11.8. The number of pyridine rings is 1. The first-order valence-electron chi connectivity index (χ1n) is 8.76. The summed E-state index contributed by atoms with van der Waals surface area (Å²) in [5.74, 6) is 0.0944. The highest BCUT2D eigenvalue weighted by molar-refractivity contribution is 6.42. The number of anilines is 1. The Balaban J connectivity index is 1.43. The quantitative estimate of drug-likeness (QED) is 0.549. The Morgan fingerprint density at radius 2 is 1.86 bits per heavy atom. The van der Waals surface area contributed by atoms with Crippen LogP contribution in [0.2, 0.25) is 10.0 Å². The zero-order valence-corrected chi connectivity index (χ0v) is 16.6. The summed E-state index contributed by atoms with van der Waals surface area (Å²) in [6, 6.07) is 10.8. The van der Waals surface area contributed by atoms with E-state index in [1.807, 2.05) is 18.2 Å². The van der Waals surface area contributed by atoms with Gasteiger partial charge in [0.2, 0.25) is 0 Å². The summed E-state index contributed by atoms with van der Waals surface area (Å²) in [4.78, 5) is 32.2. The molecule has 3 rings (SSSR count). The lowest BCUT2D eigenvalue weighted by Crippen LogP contribution is -2.50. The van der Waals surface area contributed by atoms with E-state index in [4.69, 9.17) is 27.9 Å². The molecule has 28 heavy (non-hydrogen) atoms. The molecule has 1 saturated heterocycles. The molecule has 8 heteroatoms. The largest absolute Gasteiger partial charge is 0.452 e. The molecule has 0 spiro atoms. The Labute approximate surface area is 173 Å². The van der Waals surface area contributed by atoms with Crippen molar-refractivity contribution in [2.45, 2.75) is 0 Å². The number of carbonyl (C=O) groups excluding carboxylic acids is 2. The molecule has 0 atom stereocenters. The predicted molar refractivity (Wildman–Crippen MR) is 109 cm³/mol. The topological polar surface area (TPSA) is 62.7 Å². The fraction of sp³-hybridized carbons (Fsp3) is 0.250. The Hall–Kier alpha value is -2.57. The van der Waals surface area contributed by atoms with E-state index in [0.717, 1.165) is 5.82 Å². The smallest absolute Gasteiger partial charge is 0.331 e. The van der Waals surface area contributed by atoms with Crippen molar-refractivity contribution in [3.63, 3.8) is 0 Å². The number of esters is 1. The molecule has 2 aromatic rings. The Morgan fingerprint density at radius 1 is 1.07 bits per heavy atom. The number of nitrogens with zero attached hydrogens (tertiary/aromatic N) is 3. The second kappa shape index (κ2) is 9.57. The number of piperazine rings is 1. The molecular weight excluding hydrogens is 401 g/mol. The van der Waals surface area contributed by atoms with Crippen LogP contribution in [0.3, 0.4) is 0 Å². The maximum Gasteiger partial charge on any atom is 0.331 e.